The number of allylic oxidation sites excluding steroid dienone is 4. The second-order valence-electron chi connectivity index (χ2n) is 14.4. The Bertz CT molecular complexity index is 2530. The van der Waals surface area contributed by atoms with Crippen LogP contribution in [-0.4, -0.2) is 21.9 Å². The summed E-state index contributed by atoms with van der Waals surface area (Å²) in [6, 6.07) is 51.5. The predicted molar refractivity (Wildman–Crippen MR) is 219 cm³/mol. The Kier molecular flexibility index (Phi) is 7.25. The maximum Gasteiger partial charge on any atom is 0.416 e. The molecule has 0 unspecified atom stereocenters. The highest BCUT2D eigenvalue weighted by molar-refractivity contribution is 6.83. The van der Waals surface area contributed by atoms with Gasteiger partial charge in [0.15, 0.2) is 11.6 Å². The Morgan fingerprint density at radius 1 is 0.547 bits per heavy atom. The van der Waals surface area contributed by atoms with Gasteiger partial charge in [0.25, 0.3) is 0 Å². The number of rotatable bonds is 6. The first-order chi connectivity index (χ1) is 26.1. The number of para-hydroxylation sites is 1. The van der Waals surface area contributed by atoms with E-state index in [1.807, 2.05) is 36.4 Å². The molecule has 5 nitrogen and oxygen atoms in total. The molecular weight excluding hydrogens is 645 g/mol. The molecule has 0 saturated carbocycles. The van der Waals surface area contributed by atoms with Crippen molar-refractivity contribution in [1.29, 1.82) is 0 Å². The molecule has 3 aliphatic rings. The van der Waals surface area contributed by atoms with Crippen LogP contribution in [0.2, 0.25) is 0 Å². The fraction of sp³-hybridized carbons (Fsp3) is 0.0851. The lowest BCUT2D eigenvalue weighted by Gasteiger charge is -2.40. The summed E-state index contributed by atoms with van der Waals surface area (Å²) in [6.07, 6.45) is 8.85. The van der Waals surface area contributed by atoms with Crippen LogP contribution >= 0.6 is 0 Å². The average Bonchev–Trinajstić information content (AvgIpc) is 3.84. The molecule has 53 heavy (non-hydrogen) atoms. The van der Waals surface area contributed by atoms with Gasteiger partial charge >= 0.3 is 6.98 Å². The summed E-state index contributed by atoms with van der Waals surface area (Å²) in [5, 5.41) is 3.96. The summed E-state index contributed by atoms with van der Waals surface area (Å²) in [7, 11) is 0. The Hall–Kier alpha value is -6.53. The topological polar surface area (TPSA) is 53.9 Å². The molecule has 252 valence electrons. The molecule has 7 aromatic rings. The standard InChI is InChI=1S/C47H36BN5/c1-47(2)38-27-13-11-24-37(38)42-39(47)28-16-30-41(42)53-40-29-14-12-23-35(40)36-26-15-25-34(31-17-9-10-18-31)43(36)48(53)52-46-50-44(32-19-5-3-6-20-32)49-45(51-46)33-21-7-4-8-22-33/h3-31H,1-2H3,(H,49,50,51,52). The summed E-state index contributed by atoms with van der Waals surface area (Å²) in [5.74, 6) is 1.90. The first-order valence-electron chi connectivity index (χ1n) is 18.3. The molecular formula is C47H36BN5. The Morgan fingerprint density at radius 2 is 1.11 bits per heavy atom. The van der Waals surface area contributed by atoms with Crippen LogP contribution in [0.25, 0.3) is 45.0 Å². The molecule has 1 aromatic heterocycles. The smallest absolute Gasteiger partial charge is 0.373 e. The molecule has 0 bridgehead atoms. The van der Waals surface area contributed by atoms with E-state index in [2.05, 4.69) is 157 Å². The number of nitrogens with one attached hydrogen (secondary N) is 1. The number of aromatic nitrogens is 3. The average molecular weight is 682 g/mol. The number of hydrogen-bond acceptors (Lipinski definition) is 5. The third-order valence-electron chi connectivity index (χ3n) is 11.0. The summed E-state index contributed by atoms with van der Waals surface area (Å²) >= 11 is 0. The van der Waals surface area contributed by atoms with Crippen molar-refractivity contribution in [3.8, 4) is 45.0 Å². The van der Waals surface area contributed by atoms with E-state index in [1.54, 1.807) is 0 Å². The fourth-order valence-corrected chi connectivity index (χ4v) is 8.57. The predicted octanol–water partition coefficient (Wildman–Crippen LogP) is 10.3. The van der Waals surface area contributed by atoms with Gasteiger partial charge in [0.1, 0.15) is 0 Å². The monoisotopic (exact) mass is 681 g/mol. The Morgan fingerprint density at radius 3 is 1.83 bits per heavy atom. The van der Waals surface area contributed by atoms with Gasteiger partial charge in [-0.2, -0.15) is 9.97 Å². The van der Waals surface area contributed by atoms with Crippen molar-refractivity contribution in [2.45, 2.75) is 25.2 Å². The molecule has 2 aliphatic carbocycles. The molecule has 0 amide bonds. The number of anilines is 3. The fourth-order valence-electron chi connectivity index (χ4n) is 8.57. The minimum Gasteiger partial charge on any atom is -0.373 e. The summed E-state index contributed by atoms with van der Waals surface area (Å²) in [5.41, 5.74) is 14.1. The van der Waals surface area contributed by atoms with E-state index < -0.39 is 0 Å². The van der Waals surface area contributed by atoms with E-state index in [0.29, 0.717) is 17.6 Å². The van der Waals surface area contributed by atoms with Gasteiger partial charge in [0, 0.05) is 45.0 Å². The second kappa shape index (κ2) is 12.3. The van der Waals surface area contributed by atoms with Crippen molar-refractivity contribution in [3.05, 3.63) is 187 Å². The molecule has 0 fully saturated rings. The zero-order valence-corrected chi connectivity index (χ0v) is 29.6. The van der Waals surface area contributed by atoms with Crippen molar-refractivity contribution in [1.82, 2.24) is 15.0 Å². The van der Waals surface area contributed by atoms with Crippen LogP contribution in [0.4, 0.5) is 17.3 Å². The highest BCUT2D eigenvalue weighted by atomic mass is 15.2. The lowest BCUT2D eigenvalue weighted by molar-refractivity contribution is 0.660. The molecule has 0 radical (unpaired) electrons. The number of benzene rings is 6. The summed E-state index contributed by atoms with van der Waals surface area (Å²) < 4.78 is 0. The van der Waals surface area contributed by atoms with Crippen LogP contribution in [0, 0.1) is 0 Å². The van der Waals surface area contributed by atoms with Crippen molar-refractivity contribution in [2.24, 2.45) is 0 Å². The van der Waals surface area contributed by atoms with Crippen LogP contribution in [0.3, 0.4) is 0 Å². The molecule has 1 N–H and O–H groups in total. The quantitative estimate of drug-likeness (QED) is 0.177. The van der Waals surface area contributed by atoms with E-state index in [4.69, 9.17) is 15.0 Å². The largest absolute Gasteiger partial charge is 0.416 e. The van der Waals surface area contributed by atoms with Gasteiger partial charge in [-0.3, -0.25) is 0 Å². The van der Waals surface area contributed by atoms with Crippen LogP contribution in [-0.2, 0) is 5.41 Å². The van der Waals surface area contributed by atoms with Crippen LogP contribution in [0.1, 0.15) is 36.5 Å². The number of nitrogens with zero attached hydrogens (tertiary/aromatic N) is 4. The molecule has 6 aromatic carbocycles. The van der Waals surface area contributed by atoms with Gasteiger partial charge in [-0.1, -0.05) is 172 Å². The van der Waals surface area contributed by atoms with Gasteiger partial charge in [-0.05, 0) is 45.4 Å². The minimum absolute atomic E-state index is 0.139. The van der Waals surface area contributed by atoms with E-state index in [-0.39, 0.29) is 18.3 Å². The highest BCUT2D eigenvalue weighted by Crippen LogP contribution is 2.54. The number of fused-ring (bicyclic) bond motifs is 6. The normalized spacial score (nSPS) is 14.8. The first kappa shape index (κ1) is 31.2. The molecule has 1 aliphatic heterocycles. The van der Waals surface area contributed by atoms with Gasteiger partial charge in [0.2, 0.25) is 5.95 Å². The number of hydrogen-bond donors (Lipinski definition) is 1. The third-order valence-corrected chi connectivity index (χ3v) is 11.0. The third kappa shape index (κ3) is 5.05. The van der Waals surface area contributed by atoms with E-state index in [9.17, 15) is 0 Å². The Balaban J connectivity index is 1.24. The lowest BCUT2D eigenvalue weighted by Crippen LogP contribution is -2.57. The highest BCUT2D eigenvalue weighted by Gasteiger charge is 2.44. The summed E-state index contributed by atoms with van der Waals surface area (Å²) in [4.78, 5) is 17.8. The zero-order valence-electron chi connectivity index (χ0n) is 29.6. The lowest BCUT2D eigenvalue weighted by atomic mass is 9.57. The molecule has 2 heterocycles. The van der Waals surface area contributed by atoms with Crippen molar-refractivity contribution in [3.63, 3.8) is 0 Å². The molecule has 10 rings (SSSR count). The van der Waals surface area contributed by atoms with Crippen LogP contribution < -0.4 is 15.5 Å². The SMILES string of the molecule is CC1(C)c2ccccc2-c2c(N3B(Nc4nc(-c5ccccc5)nc(-c5ccccc5)n4)c4c(cccc4C4C=CC=C4)-c4ccccc43)cccc21. The maximum atomic E-state index is 5.15. The Labute approximate surface area is 310 Å². The molecule has 6 heteroatoms. The van der Waals surface area contributed by atoms with E-state index >= 15 is 0 Å². The first-order valence-corrected chi connectivity index (χ1v) is 18.3. The van der Waals surface area contributed by atoms with Gasteiger partial charge in [0.05, 0.1) is 0 Å². The van der Waals surface area contributed by atoms with Gasteiger partial charge < -0.3 is 10.0 Å². The maximum absolute atomic E-state index is 5.15. The molecule has 0 atom stereocenters. The zero-order chi connectivity index (χ0) is 35.5. The minimum atomic E-state index is -0.365. The van der Waals surface area contributed by atoms with Crippen LogP contribution in [0.15, 0.2) is 170 Å². The molecule has 0 saturated heterocycles. The summed E-state index contributed by atoms with van der Waals surface area (Å²) in [6.45, 7) is 4.32. The van der Waals surface area contributed by atoms with E-state index in [0.717, 1.165) is 22.5 Å². The van der Waals surface area contributed by atoms with E-state index in [1.165, 1.54) is 44.4 Å². The van der Waals surface area contributed by atoms with Crippen molar-refractivity contribution < 1.29 is 0 Å². The van der Waals surface area contributed by atoms with Gasteiger partial charge in [-0.25, -0.2) is 4.98 Å². The van der Waals surface area contributed by atoms with Crippen molar-refractivity contribution in [2.75, 3.05) is 10.0 Å². The van der Waals surface area contributed by atoms with Gasteiger partial charge in [-0.15, -0.1) is 0 Å². The van der Waals surface area contributed by atoms with Crippen molar-refractivity contribution >= 4 is 29.8 Å². The molecule has 0 spiro atoms. The van der Waals surface area contributed by atoms with Crippen LogP contribution in [0.5, 0.6) is 0 Å². The second-order valence-corrected chi connectivity index (χ2v) is 14.4.